The first-order valence-corrected chi connectivity index (χ1v) is 9.53. The Morgan fingerprint density at radius 2 is 1.56 bits per heavy atom. The number of nitrogens with zero attached hydrogens (tertiary/aromatic N) is 1. The van der Waals surface area contributed by atoms with Gasteiger partial charge in [-0.25, -0.2) is 4.79 Å². The second-order valence-corrected chi connectivity index (χ2v) is 6.56. The van der Waals surface area contributed by atoms with E-state index in [0.29, 0.717) is 13.0 Å². The van der Waals surface area contributed by atoms with Crippen molar-refractivity contribution in [2.24, 2.45) is 0 Å². The van der Waals surface area contributed by atoms with Crippen molar-refractivity contribution in [1.82, 2.24) is 10.2 Å². The third-order valence-corrected chi connectivity index (χ3v) is 4.62. The van der Waals surface area contributed by atoms with Crippen molar-refractivity contribution < 1.29 is 14.6 Å². The van der Waals surface area contributed by atoms with Gasteiger partial charge in [-0.05, 0) is 30.6 Å². The van der Waals surface area contributed by atoms with Crippen LogP contribution in [0.15, 0.2) is 60.7 Å². The fourth-order valence-electron chi connectivity index (χ4n) is 2.94. The number of ether oxygens (including phenoxy) is 1. The molecule has 2 aromatic carbocycles. The highest BCUT2D eigenvalue weighted by atomic mass is 16.5. The van der Waals surface area contributed by atoms with E-state index in [2.05, 4.69) is 24.1 Å². The Morgan fingerprint density at radius 1 is 1.00 bits per heavy atom. The largest absolute Gasteiger partial charge is 0.445 e. The van der Waals surface area contributed by atoms with Gasteiger partial charge in [0.05, 0.1) is 12.1 Å². The van der Waals surface area contributed by atoms with Gasteiger partial charge in [-0.2, -0.15) is 0 Å². The molecule has 146 valence electrons. The molecule has 0 radical (unpaired) electrons. The van der Waals surface area contributed by atoms with Crippen LogP contribution >= 0.6 is 0 Å². The third kappa shape index (κ3) is 7.41. The number of alkyl carbamates (subject to hydrolysis) is 1. The first-order chi connectivity index (χ1) is 13.1. The minimum Gasteiger partial charge on any atom is -0.445 e. The number of likely N-dealkylation sites (N-methyl/N-ethyl adjacent to an activating group) is 1. The van der Waals surface area contributed by atoms with Gasteiger partial charge in [0, 0.05) is 6.54 Å². The SMILES string of the molecule is CCN(CC)C[C@H](O)[C@H](Cc1ccccc1)NC(=O)OCc1ccccc1. The summed E-state index contributed by atoms with van der Waals surface area (Å²) in [5.41, 5.74) is 1.99. The summed E-state index contributed by atoms with van der Waals surface area (Å²) in [5.74, 6) is 0. The molecule has 1 amide bonds. The van der Waals surface area contributed by atoms with E-state index in [1.54, 1.807) is 0 Å². The first-order valence-electron chi connectivity index (χ1n) is 9.53. The number of carbonyl (C=O) groups is 1. The Labute approximate surface area is 162 Å². The van der Waals surface area contributed by atoms with Crippen molar-refractivity contribution in [1.29, 1.82) is 0 Å². The van der Waals surface area contributed by atoms with E-state index in [-0.39, 0.29) is 6.61 Å². The summed E-state index contributed by atoms with van der Waals surface area (Å²) in [6.07, 6.45) is -0.656. The maximum atomic E-state index is 12.3. The minimum absolute atomic E-state index is 0.205. The highest BCUT2D eigenvalue weighted by molar-refractivity contribution is 5.67. The van der Waals surface area contributed by atoms with Gasteiger partial charge < -0.3 is 20.1 Å². The molecule has 0 saturated heterocycles. The Bertz CT molecular complexity index is 660. The van der Waals surface area contributed by atoms with Crippen molar-refractivity contribution >= 4 is 6.09 Å². The summed E-state index contributed by atoms with van der Waals surface area (Å²) in [6, 6.07) is 19.0. The second-order valence-electron chi connectivity index (χ2n) is 6.56. The molecule has 2 N–H and O–H groups in total. The summed E-state index contributed by atoms with van der Waals surface area (Å²) in [6.45, 7) is 6.53. The number of benzene rings is 2. The smallest absolute Gasteiger partial charge is 0.407 e. The van der Waals surface area contributed by atoms with Crippen molar-refractivity contribution in [3.63, 3.8) is 0 Å². The number of aliphatic hydroxyl groups excluding tert-OH is 1. The standard InChI is InChI=1S/C22H30N2O3/c1-3-24(4-2)16-21(25)20(15-18-11-7-5-8-12-18)23-22(26)27-17-19-13-9-6-10-14-19/h5-14,20-21,25H,3-4,15-17H2,1-2H3,(H,23,26)/t20-,21-/m0/s1. The second kappa shape index (κ2) is 11.4. The van der Waals surface area contributed by atoms with Gasteiger partial charge in [0.2, 0.25) is 0 Å². The monoisotopic (exact) mass is 370 g/mol. The van der Waals surface area contributed by atoms with Crippen LogP contribution in [0.3, 0.4) is 0 Å². The Morgan fingerprint density at radius 3 is 2.11 bits per heavy atom. The molecule has 2 atom stereocenters. The number of aliphatic hydroxyl groups is 1. The van der Waals surface area contributed by atoms with E-state index in [0.717, 1.165) is 24.2 Å². The topological polar surface area (TPSA) is 61.8 Å². The molecule has 0 unspecified atom stereocenters. The molecular formula is C22H30N2O3. The van der Waals surface area contributed by atoms with Crippen molar-refractivity contribution in [2.45, 2.75) is 39.0 Å². The molecule has 5 heteroatoms. The van der Waals surface area contributed by atoms with Crippen LogP contribution in [0.25, 0.3) is 0 Å². The lowest BCUT2D eigenvalue weighted by molar-refractivity contribution is 0.0740. The van der Waals surface area contributed by atoms with E-state index >= 15 is 0 Å². The van der Waals surface area contributed by atoms with Crippen LogP contribution in [0.5, 0.6) is 0 Å². The molecule has 5 nitrogen and oxygen atoms in total. The van der Waals surface area contributed by atoms with Crippen molar-refractivity contribution in [2.75, 3.05) is 19.6 Å². The fourth-order valence-corrected chi connectivity index (χ4v) is 2.94. The number of hydrogen-bond donors (Lipinski definition) is 2. The molecule has 2 rings (SSSR count). The van der Waals surface area contributed by atoms with E-state index < -0.39 is 18.2 Å². The van der Waals surface area contributed by atoms with Crippen molar-refractivity contribution in [3.05, 3.63) is 71.8 Å². The summed E-state index contributed by atoms with van der Waals surface area (Å²) in [4.78, 5) is 14.4. The molecule has 0 bridgehead atoms. The molecule has 27 heavy (non-hydrogen) atoms. The molecular weight excluding hydrogens is 340 g/mol. The Kier molecular flexibility index (Phi) is 8.81. The van der Waals surface area contributed by atoms with E-state index in [9.17, 15) is 9.90 Å². The van der Waals surface area contributed by atoms with E-state index in [4.69, 9.17) is 4.74 Å². The molecule has 0 aromatic heterocycles. The lowest BCUT2D eigenvalue weighted by Gasteiger charge is -2.28. The molecule has 0 aliphatic rings. The van der Waals surface area contributed by atoms with Crippen LogP contribution in [0.2, 0.25) is 0 Å². The number of amides is 1. The highest BCUT2D eigenvalue weighted by Gasteiger charge is 2.24. The van der Waals surface area contributed by atoms with E-state index in [1.165, 1.54) is 0 Å². The van der Waals surface area contributed by atoms with Gasteiger partial charge in [0.1, 0.15) is 6.61 Å². The molecule has 0 aliphatic heterocycles. The van der Waals surface area contributed by atoms with Gasteiger partial charge >= 0.3 is 6.09 Å². The maximum Gasteiger partial charge on any atom is 0.407 e. The lowest BCUT2D eigenvalue weighted by Crippen LogP contribution is -2.49. The predicted octanol–water partition coefficient (Wildman–Crippen LogP) is 3.23. The number of nitrogens with one attached hydrogen (secondary N) is 1. The third-order valence-electron chi connectivity index (χ3n) is 4.62. The average Bonchev–Trinajstić information content (AvgIpc) is 2.71. The van der Waals surface area contributed by atoms with Crippen LogP contribution in [0.4, 0.5) is 4.79 Å². The molecule has 0 aliphatic carbocycles. The van der Waals surface area contributed by atoms with Crippen LogP contribution in [-0.4, -0.2) is 47.9 Å². The molecule has 2 aromatic rings. The van der Waals surface area contributed by atoms with E-state index in [1.807, 2.05) is 60.7 Å². The zero-order valence-electron chi connectivity index (χ0n) is 16.2. The molecule has 0 spiro atoms. The molecule has 0 heterocycles. The summed E-state index contributed by atoms with van der Waals surface area (Å²) >= 11 is 0. The average molecular weight is 370 g/mol. The molecule has 0 saturated carbocycles. The summed E-state index contributed by atoms with van der Waals surface area (Å²) in [7, 11) is 0. The highest BCUT2D eigenvalue weighted by Crippen LogP contribution is 2.09. The normalized spacial score (nSPS) is 13.2. The number of hydrogen-bond acceptors (Lipinski definition) is 4. The zero-order valence-corrected chi connectivity index (χ0v) is 16.2. The lowest BCUT2D eigenvalue weighted by atomic mass is 10.0. The van der Waals surface area contributed by atoms with Crippen LogP contribution < -0.4 is 5.32 Å². The molecule has 0 fully saturated rings. The first kappa shape index (κ1) is 20.9. The van der Waals surface area contributed by atoms with Crippen molar-refractivity contribution in [3.8, 4) is 0 Å². The van der Waals surface area contributed by atoms with Gasteiger partial charge in [-0.1, -0.05) is 74.5 Å². The van der Waals surface area contributed by atoms with Gasteiger partial charge in [0.25, 0.3) is 0 Å². The van der Waals surface area contributed by atoms with Gasteiger partial charge in [-0.15, -0.1) is 0 Å². The summed E-state index contributed by atoms with van der Waals surface area (Å²) in [5, 5.41) is 13.6. The van der Waals surface area contributed by atoms with Crippen LogP contribution in [-0.2, 0) is 17.8 Å². The Hall–Kier alpha value is -2.37. The number of carbonyl (C=O) groups excluding carboxylic acids is 1. The van der Waals surface area contributed by atoms with Crippen LogP contribution in [0, 0.1) is 0 Å². The summed E-state index contributed by atoms with van der Waals surface area (Å²) < 4.78 is 5.33. The van der Waals surface area contributed by atoms with Gasteiger partial charge in [0.15, 0.2) is 0 Å². The maximum absolute atomic E-state index is 12.3. The zero-order chi connectivity index (χ0) is 19.5. The Balaban J connectivity index is 1.98. The predicted molar refractivity (Wildman–Crippen MR) is 107 cm³/mol. The fraction of sp³-hybridized carbons (Fsp3) is 0.409. The number of rotatable bonds is 10. The minimum atomic E-state index is -0.686. The quantitative estimate of drug-likeness (QED) is 0.674. The van der Waals surface area contributed by atoms with Crippen LogP contribution in [0.1, 0.15) is 25.0 Å². The van der Waals surface area contributed by atoms with Gasteiger partial charge in [-0.3, -0.25) is 0 Å².